The third kappa shape index (κ3) is 5.31. The molecule has 14 rings (SSSR count). The van der Waals surface area contributed by atoms with Crippen LogP contribution in [0, 0.1) is 29.1 Å². The van der Waals surface area contributed by atoms with Gasteiger partial charge in [0.05, 0.1) is 39.4 Å². The van der Waals surface area contributed by atoms with E-state index in [1.165, 1.54) is 57.7 Å². The van der Waals surface area contributed by atoms with E-state index in [-0.39, 0.29) is 5.41 Å². The lowest BCUT2D eigenvalue weighted by atomic mass is 9.49. The Kier molecular flexibility index (Phi) is 7.75. The van der Waals surface area contributed by atoms with E-state index >= 15 is 0 Å². The topological polar surface area (TPSA) is 72.3 Å². The van der Waals surface area contributed by atoms with Gasteiger partial charge in [-0.3, -0.25) is 4.57 Å². The van der Waals surface area contributed by atoms with Crippen LogP contribution in [0.15, 0.2) is 164 Å². The molecule has 4 saturated carbocycles. The lowest BCUT2D eigenvalue weighted by molar-refractivity contribution is -0.00944. The molecule has 4 aliphatic carbocycles. The minimum Gasteiger partial charge on any atom is -0.308 e. The second kappa shape index (κ2) is 13.6. The molecule has 0 spiro atoms. The Morgan fingerprint density at radius 3 is 1.58 bits per heavy atom. The van der Waals surface area contributed by atoms with Crippen LogP contribution in [0.5, 0.6) is 0 Å². The number of hydrogen-bond donors (Lipinski definition) is 0. The second-order valence-electron chi connectivity index (χ2n) is 18.2. The molecule has 3 aromatic heterocycles. The van der Waals surface area contributed by atoms with Gasteiger partial charge in [-0.2, -0.15) is 15.2 Å². The Labute approximate surface area is 359 Å². The summed E-state index contributed by atoms with van der Waals surface area (Å²) in [5.41, 5.74) is 11.2. The molecule has 0 radical (unpaired) electrons. The number of fused-ring (bicyclic) bond motifs is 6. The molecule has 4 bridgehead atoms. The zero-order valence-corrected chi connectivity index (χ0v) is 34.2. The lowest BCUT2D eigenvalue weighted by Crippen LogP contribution is -2.49. The van der Waals surface area contributed by atoms with Crippen molar-refractivity contribution in [1.29, 1.82) is 5.26 Å². The Balaban J connectivity index is 1.11. The summed E-state index contributed by atoms with van der Waals surface area (Å²) < 4.78 is 4.63. The first-order valence-corrected chi connectivity index (χ1v) is 22.1. The Bertz CT molecular complexity index is 3430. The van der Waals surface area contributed by atoms with Gasteiger partial charge in [-0.25, -0.2) is 4.98 Å². The number of aromatic nitrogens is 5. The van der Waals surface area contributed by atoms with Gasteiger partial charge >= 0.3 is 0 Å². The van der Waals surface area contributed by atoms with E-state index in [1.807, 2.05) is 12.1 Å². The van der Waals surface area contributed by atoms with Crippen molar-refractivity contribution >= 4 is 43.6 Å². The van der Waals surface area contributed by atoms with Crippen molar-refractivity contribution in [2.24, 2.45) is 17.8 Å². The standard InChI is InChI=1S/C56H42N6/c57-34-35-25-26-48(61-46-21-9-7-17-43(46)51-41(19-11-23-49(51)61)39-13-3-1-4-14-39)45(30-35)53-58-54(56-31-36-27-37(32-56)29-38(28-36)33-56)60-55(59-53)62-47-22-10-8-18-44(47)52-42(20-12-24-50(52)62)40-15-5-2-6-16-40/h1-26,30,36-38H,27-29,31-33H2. The number of hydrogen-bond acceptors (Lipinski definition) is 4. The van der Waals surface area contributed by atoms with Gasteiger partial charge in [-0.1, -0.05) is 121 Å². The van der Waals surface area contributed by atoms with Gasteiger partial charge in [0.2, 0.25) is 5.95 Å². The number of para-hydroxylation sites is 2. The molecule has 4 aliphatic rings. The Morgan fingerprint density at radius 2 is 1.00 bits per heavy atom. The molecule has 10 aromatic rings. The van der Waals surface area contributed by atoms with Crippen LogP contribution >= 0.6 is 0 Å². The van der Waals surface area contributed by atoms with Crippen LogP contribution < -0.4 is 0 Å². The quantitative estimate of drug-likeness (QED) is 0.168. The summed E-state index contributed by atoms with van der Waals surface area (Å²) >= 11 is 0. The van der Waals surface area contributed by atoms with Gasteiger partial charge in [0.1, 0.15) is 5.82 Å². The van der Waals surface area contributed by atoms with Crippen LogP contribution in [0.4, 0.5) is 0 Å². The van der Waals surface area contributed by atoms with Crippen LogP contribution in [-0.4, -0.2) is 24.1 Å². The molecule has 296 valence electrons. The first kappa shape index (κ1) is 35.4. The summed E-state index contributed by atoms with van der Waals surface area (Å²) in [5, 5.41) is 15.2. The molecule has 6 nitrogen and oxygen atoms in total. The smallest absolute Gasteiger partial charge is 0.238 e. The summed E-state index contributed by atoms with van der Waals surface area (Å²) in [6.45, 7) is 0. The van der Waals surface area contributed by atoms with Crippen LogP contribution in [0.2, 0.25) is 0 Å². The predicted octanol–water partition coefficient (Wildman–Crippen LogP) is 13.4. The zero-order chi connectivity index (χ0) is 40.9. The van der Waals surface area contributed by atoms with Crippen LogP contribution in [0.3, 0.4) is 0 Å². The highest BCUT2D eigenvalue weighted by Crippen LogP contribution is 2.60. The summed E-state index contributed by atoms with van der Waals surface area (Å²) in [7, 11) is 0. The molecular weight excluding hydrogens is 757 g/mol. The highest BCUT2D eigenvalue weighted by Gasteiger charge is 2.53. The third-order valence-corrected chi connectivity index (χ3v) is 14.5. The van der Waals surface area contributed by atoms with Gasteiger partial charge in [0.25, 0.3) is 0 Å². The van der Waals surface area contributed by atoms with E-state index in [9.17, 15) is 5.26 Å². The van der Waals surface area contributed by atoms with Crippen molar-refractivity contribution in [3.63, 3.8) is 0 Å². The van der Waals surface area contributed by atoms with Gasteiger partial charge < -0.3 is 4.57 Å². The molecule has 4 fully saturated rings. The molecule has 7 aromatic carbocycles. The van der Waals surface area contributed by atoms with E-state index < -0.39 is 0 Å². The number of rotatable bonds is 6. The molecule has 6 heteroatoms. The lowest BCUT2D eigenvalue weighted by Gasteiger charge is -2.55. The van der Waals surface area contributed by atoms with Crippen molar-refractivity contribution < 1.29 is 0 Å². The largest absolute Gasteiger partial charge is 0.308 e. The number of nitriles is 1. The third-order valence-electron chi connectivity index (χ3n) is 14.5. The molecule has 0 N–H and O–H groups in total. The van der Waals surface area contributed by atoms with Gasteiger partial charge in [0, 0.05) is 32.5 Å². The molecule has 0 aliphatic heterocycles. The summed E-state index contributed by atoms with van der Waals surface area (Å²) in [6, 6.07) is 60.3. The molecular formula is C56H42N6. The maximum atomic E-state index is 10.5. The summed E-state index contributed by atoms with van der Waals surface area (Å²) in [4.78, 5) is 16.9. The minimum absolute atomic E-state index is 0.112. The van der Waals surface area contributed by atoms with E-state index in [1.54, 1.807) is 0 Å². The maximum absolute atomic E-state index is 10.5. The van der Waals surface area contributed by atoms with Gasteiger partial charge in [-0.05, 0) is 121 Å². The monoisotopic (exact) mass is 798 g/mol. The first-order valence-electron chi connectivity index (χ1n) is 22.1. The SMILES string of the molecule is N#Cc1ccc(-n2c3ccccc3c3c(-c4ccccc4)cccc32)c(-c2nc(-n3c4ccccc4c4c(-c5ccccc5)cccc43)nc(C34CC5CC(CC(C5)C3)C4)n2)c1. The second-order valence-corrected chi connectivity index (χ2v) is 18.2. The fourth-order valence-corrected chi connectivity index (χ4v) is 12.4. The summed E-state index contributed by atoms with van der Waals surface area (Å²) in [5.74, 6) is 4.26. The van der Waals surface area contributed by atoms with E-state index in [4.69, 9.17) is 15.0 Å². The number of nitrogens with zero attached hydrogens (tertiary/aromatic N) is 6. The van der Waals surface area contributed by atoms with Crippen molar-refractivity contribution in [2.75, 3.05) is 0 Å². The molecule has 3 heterocycles. The minimum atomic E-state index is -0.112. The van der Waals surface area contributed by atoms with Crippen molar-refractivity contribution in [1.82, 2.24) is 24.1 Å². The van der Waals surface area contributed by atoms with Gasteiger partial charge in [0.15, 0.2) is 5.82 Å². The average molecular weight is 799 g/mol. The number of benzene rings is 7. The molecule has 0 atom stereocenters. The van der Waals surface area contributed by atoms with Crippen molar-refractivity contribution in [3.8, 4) is 51.3 Å². The maximum Gasteiger partial charge on any atom is 0.238 e. The summed E-state index contributed by atoms with van der Waals surface area (Å²) in [6.07, 6.45) is 7.33. The highest BCUT2D eigenvalue weighted by molar-refractivity contribution is 6.17. The van der Waals surface area contributed by atoms with E-state index in [0.29, 0.717) is 35.1 Å². The van der Waals surface area contributed by atoms with Crippen molar-refractivity contribution in [3.05, 3.63) is 175 Å². The normalized spacial score (nSPS) is 20.4. The van der Waals surface area contributed by atoms with Crippen LogP contribution in [0.1, 0.15) is 49.9 Å². The van der Waals surface area contributed by atoms with Gasteiger partial charge in [-0.15, -0.1) is 0 Å². The average Bonchev–Trinajstić information content (AvgIpc) is 3.85. The van der Waals surface area contributed by atoms with E-state index in [2.05, 4.69) is 167 Å². The highest BCUT2D eigenvalue weighted by atomic mass is 15.2. The molecule has 0 unspecified atom stereocenters. The first-order chi connectivity index (χ1) is 30.6. The van der Waals surface area contributed by atoms with Crippen molar-refractivity contribution in [2.45, 2.75) is 43.9 Å². The molecule has 0 amide bonds. The molecule has 62 heavy (non-hydrogen) atoms. The van der Waals surface area contributed by atoms with E-state index in [0.717, 1.165) is 63.8 Å². The fourth-order valence-electron chi connectivity index (χ4n) is 12.4. The predicted molar refractivity (Wildman–Crippen MR) is 249 cm³/mol. The molecule has 0 saturated heterocycles. The fraction of sp³-hybridized carbons (Fsp3) is 0.179. The zero-order valence-electron chi connectivity index (χ0n) is 34.2. The Hall–Kier alpha value is -7.36. The Morgan fingerprint density at radius 1 is 0.484 bits per heavy atom. The van der Waals surface area contributed by atoms with Crippen LogP contribution in [-0.2, 0) is 5.41 Å². The van der Waals surface area contributed by atoms with Crippen LogP contribution in [0.25, 0.3) is 88.9 Å².